The van der Waals surface area contributed by atoms with Gasteiger partial charge in [0.25, 0.3) is 0 Å². The summed E-state index contributed by atoms with van der Waals surface area (Å²) in [5.74, 6) is 0. The molecule has 8 aromatic carbocycles. The fraction of sp³-hybridized carbons (Fsp3) is 0. The lowest BCUT2D eigenvalue weighted by atomic mass is 9.94. The molecule has 2 heterocycles. The number of hydrogen-bond acceptors (Lipinski definition) is 3. The van der Waals surface area contributed by atoms with Crippen molar-refractivity contribution in [3.8, 4) is 22.3 Å². The Kier molecular flexibility index (Phi) is 6.61. The van der Waals surface area contributed by atoms with Gasteiger partial charge in [-0.2, -0.15) is 0 Å². The Balaban J connectivity index is 1.25. The first kappa shape index (κ1) is 28.3. The summed E-state index contributed by atoms with van der Waals surface area (Å²) in [6.07, 6.45) is 0. The maximum atomic E-state index is 2.46. The highest BCUT2D eigenvalue weighted by Gasteiger charge is 2.21. The Hall–Kier alpha value is -5.74. The number of fused-ring (bicyclic) bond motifs is 7. The molecule has 10 rings (SSSR count). The van der Waals surface area contributed by atoms with Crippen molar-refractivity contribution in [1.29, 1.82) is 0 Å². The molecule has 3 heteroatoms. The monoisotopic (exact) mass is 659 g/mol. The van der Waals surface area contributed by atoms with E-state index in [2.05, 4.69) is 181 Å². The molecule has 0 amide bonds. The highest BCUT2D eigenvalue weighted by molar-refractivity contribution is 7.26. The SMILES string of the molecule is c1ccc(-c2ccc(N(c3ccc4sc5ccccc5c4c3)c3ccc4ccccc4c3-c3ccc4sc5ccccc5c4c3)cc2)cc1. The van der Waals surface area contributed by atoms with Crippen molar-refractivity contribution in [2.75, 3.05) is 4.90 Å². The second kappa shape index (κ2) is 11.5. The van der Waals surface area contributed by atoms with Crippen LogP contribution in [0.1, 0.15) is 0 Å². The van der Waals surface area contributed by atoms with Crippen molar-refractivity contribution in [3.05, 3.63) is 176 Å². The Bertz CT molecular complexity index is 2830. The average molecular weight is 660 g/mol. The van der Waals surface area contributed by atoms with Gasteiger partial charge in [-0.3, -0.25) is 0 Å². The first-order valence-corrected chi connectivity index (χ1v) is 18.2. The molecule has 0 bridgehead atoms. The van der Waals surface area contributed by atoms with Crippen molar-refractivity contribution in [1.82, 2.24) is 0 Å². The van der Waals surface area contributed by atoms with Gasteiger partial charge in [-0.15, -0.1) is 22.7 Å². The quantitative estimate of drug-likeness (QED) is 0.178. The number of thiophene rings is 2. The summed E-state index contributed by atoms with van der Waals surface area (Å²) in [7, 11) is 0. The van der Waals surface area contributed by atoms with Gasteiger partial charge in [0, 0.05) is 57.3 Å². The van der Waals surface area contributed by atoms with Gasteiger partial charge in [0.15, 0.2) is 0 Å². The van der Waals surface area contributed by atoms with Crippen LogP contribution in [0.4, 0.5) is 17.1 Å². The van der Waals surface area contributed by atoms with Crippen LogP contribution in [0.15, 0.2) is 176 Å². The third kappa shape index (κ3) is 4.74. The Morgan fingerprint density at radius 1 is 0.327 bits per heavy atom. The van der Waals surface area contributed by atoms with Crippen molar-refractivity contribution in [3.63, 3.8) is 0 Å². The van der Waals surface area contributed by atoms with Crippen LogP contribution >= 0.6 is 22.7 Å². The molecule has 230 valence electrons. The lowest BCUT2D eigenvalue weighted by Crippen LogP contribution is -2.11. The summed E-state index contributed by atoms with van der Waals surface area (Å²) in [6, 6.07) is 64.6. The van der Waals surface area contributed by atoms with E-state index in [0.29, 0.717) is 0 Å². The number of rotatable bonds is 5. The molecular formula is C46H29NS2. The summed E-state index contributed by atoms with van der Waals surface area (Å²) >= 11 is 3.73. The lowest BCUT2D eigenvalue weighted by molar-refractivity contribution is 1.30. The van der Waals surface area contributed by atoms with E-state index in [1.807, 2.05) is 22.7 Å². The average Bonchev–Trinajstić information content (AvgIpc) is 3.73. The minimum Gasteiger partial charge on any atom is -0.310 e. The summed E-state index contributed by atoms with van der Waals surface area (Å²) in [6.45, 7) is 0. The van der Waals surface area contributed by atoms with Gasteiger partial charge in [0.1, 0.15) is 0 Å². The zero-order valence-corrected chi connectivity index (χ0v) is 28.1. The smallest absolute Gasteiger partial charge is 0.0546 e. The molecule has 0 aliphatic heterocycles. The molecule has 0 aliphatic carbocycles. The number of anilines is 3. The van der Waals surface area contributed by atoms with Crippen molar-refractivity contribution < 1.29 is 0 Å². The molecule has 1 nitrogen and oxygen atoms in total. The van der Waals surface area contributed by atoms with E-state index < -0.39 is 0 Å². The molecular weight excluding hydrogens is 631 g/mol. The molecule has 0 unspecified atom stereocenters. The van der Waals surface area contributed by atoms with E-state index in [-0.39, 0.29) is 0 Å². The van der Waals surface area contributed by atoms with Gasteiger partial charge < -0.3 is 4.90 Å². The van der Waals surface area contributed by atoms with Gasteiger partial charge in [-0.25, -0.2) is 0 Å². The van der Waals surface area contributed by atoms with Gasteiger partial charge in [-0.05, 0) is 88.1 Å². The Morgan fingerprint density at radius 2 is 0.857 bits per heavy atom. The summed E-state index contributed by atoms with van der Waals surface area (Å²) in [4.78, 5) is 2.46. The van der Waals surface area contributed by atoms with E-state index in [1.165, 1.54) is 73.4 Å². The third-order valence-corrected chi connectivity index (χ3v) is 12.0. The second-order valence-electron chi connectivity index (χ2n) is 12.5. The predicted octanol–water partition coefficient (Wildman–Crippen LogP) is 14.4. The van der Waals surface area contributed by atoms with E-state index in [0.717, 1.165) is 17.1 Å². The van der Waals surface area contributed by atoms with Gasteiger partial charge in [0.05, 0.1) is 5.69 Å². The highest BCUT2D eigenvalue weighted by Crippen LogP contribution is 2.47. The minimum absolute atomic E-state index is 1.12. The third-order valence-electron chi connectivity index (χ3n) is 9.66. The van der Waals surface area contributed by atoms with Crippen LogP contribution in [0.5, 0.6) is 0 Å². The van der Waals surface area contributed by atoms with Gasteiger partial charge in [-0.1, -0.05) is 115 Å². The highest BCUT2D eigenvalue weighted by atomic mass is 32.1. The largest absolute Gasteiger partial charge is 0.310 e. The number of benzene rings is 8. The van der Waals surface area contributed by atoms with E-state index in [9.17, 15) is 0 Å². The Labute approximate surface area is 292 Å². The van der Waals surface area contributed by atoms with Crippen LogP contribution in [0.25, 0.3) is 73.4 Å². The number of hydrogen-bond donors (Lipinski definition) is 0. The topological polar surface area (TPSA) is 3.24 Å². The normalized spacial score (nSPS) is 11.7. The fourth-order valence-corrected chi connectivity index (χ4v) is 9.52. The van der Waals surface area contributed by atoms with Crippen LogP contribution in [0.3, 0.4) is 0 Å². The molecule has 0 N–H and O–H groups in total. The summed E-state index contributed by atoms with van der Waals surface area (Å²) < 4.78 is 5.26. The lowest BCUT2D eigenvalue weighted by Gasteiger charge is -2.29. The molecule has 0 aliphatic rings. The Morgan fingerprint density at radius 3 is 1.59 bits per heavy atom. The van der Waals surface area contributed by atoms with Crippen LogP contribution < -0.4 is 4.90 Å². The minimum atomic E-state index is 1.12. The molecule has 2 aromatic heterocycles. The maximum Gasteiger partial charge on any atom is 0.0546 e. The van der Waals surface area contributed by atoms with Crippen LogP contribution in [0.2, 0.25) is 0 Å². The summed E-state index contributed by atoms with van der Waals surface area (Å²) in [5, 5.41) is 7.69. The summed E-state index contributed by atoms with van der Waals surface area (Å²) in [5.41, 5.74) is 8.29. The zero-order valence-electron chi connectivity index (χ0n) is 26.5. The second-order valence-corrected chi connectivity index (χ2v) is 14.7. The predicted molar refractivity (Wildman–Crippen MR) is 215 cm³/mol. The van der Waals surface area contributed by atoms with Gasteiger partial charge >= 0.3 is 0 Å². The molecule has 0 saturated carbocycles. The molecule has 0 fully saturated rings. The fourth-order valence-electron chi connectivity index (χ4n) is 7.35. The molecule has 0 spiro atoms. The molecule has 49 heavy (non-hydrogen) atoms. The number of nitrogens with zero attached hydrogens (tertiary/aromatic N) is 1. The van der Waals surface area contributed by atoms with E-state index in [1.54, 1.807) is 0 Å². The van der Waals surface area contributed by atoms with Gasteiger partial charge in [0.2, 0.25) is 0 Å². The van der Waals surface area contributed by atoms with Crippen molar-refractivity contribution >= 4 is 90.9 Å². The molecule has 10 aromatic rings. The maximum absolute atomic E-state index is 2.46. The standard InChI is InChI=1S/C46H29NS2/c1-2-10-30(11-3-1)31-18-22-34(23-19-31)47(35-24-27-45-40(29-35)38-15-7-9-17-43(38)49-45)41-25-20-32-12-4-5-13-36(32)46(41)33-21-26-44-39(28-33)37-14-6-8-16-42(37)48-44/h1-29H. The van der Waals surface area contributed by atoms with Crippen LogP contribution in [-0.2, 0) is 0 Å². The van der Waals surface area contributed by atoms with Crippen molar-refractivity contribution in [2.24, 2.45) is 0 Å². The first-order chi connectivity index (χ1) is 24.3. The van der Waals surface area contributed by atoms with E-state index in [4.69, 9.17) is 0 Å². The molecule has 0 atom stereocenters. The van der Waals surface area contributed by atoms with Crippen LogP contribution in [0, 0.1) is 0 Å². The molecule has 0 saturated heterocycles. The van der Waals surface area contributed by atoms with Crippen LogP contribution in [-0.4, -0.2) is 0 Å². The first-order valence-electron chi connectivity index (χ1n) is 16.6. The van der Waals surface area contributed by atoms with E-state index >= 15 is 0 Å². The van der Waals surface area contributed by atoms with Crippen molar-refractivity contribution in [2.45, 2.75) is 0 Å². The zero-order chi connectivity index (χ0) is 32.3. The molecule has 0 radical (unpaired) electrons.